The number of nitrogens with zero attached hydrogens (tertiary/aromatic N) is 4. The molecule has 5 nitrogen and oxygen atoms in total. The molecule has 0 bridgehead atoms. The van der Waals surface area contributed by atoms with Gasteiger partial charge in [-0.25, -0.2) is 4.98 Å². The summed E-state index contributed by atoms with van der Waals surface area (Å²) in [6.07, 6.45) is 6.01. The van der Waals surface area contributed by atoms with Crippen molar-refractivity contribution >= 4 is 11.6 Å². The lowest BCUT2D eigenvalue weighted by molar-refractivity contribution is 0.706. The van der Waals surface area contributed by atoms with Crippen LogP contribution in [0, 0.1) is 0 Å². The molecule has 0 aliphatic heterocycles. The second-order valence-electron chi connectivity index (χ2n) is 3.60. The first-order chi connectivity index (χ1) is 7.31. The van der Waals surface area contributed by atoms with Gasteiger partial charge >= 0.3 is 0 Å². The summed E-state index contributed by atoms with van der Waals surface area (Å²) in [5, 5.41) is 3.97. The Labute approximate surface area is 88.3 Å². The lowest BCUT2D eigenvalue weighted by atomic mass is 10.1. The smallest absolute Gasteiger partial charge is 0.254 e. The first-order valence-electron chi connectivity index (χ1n) is 5.26. The van der Waals surface area contributed by atoms with E-state index >= 15 is 0 Å². The minimum absolute atomic E-state index is 0.585. The molecule has 0 spiro atoms. The van der Waals surface area contributed by atoms with Gasteiger partial charge in [0.2, 0.25) is 0 Å². The van der Waals surface area contributed by atoms with Crippen molar-refractivity contribution in [3.05, 3.63) is 18.1 Å². The van der Waals surface area contributed by atoms with Crippen LogP contribution >= 0.6 is 0 Å². The standard InChI is InChI=1S/C10H15N5/c1-2-3-4-5-8-6-9(11)15-10(14-8)12-7-13-15/h6-7H,2-5,11H2,1H3. The van der Waals surface area contributed by atoms with Gasteiger partial charge in [0.25, 0.3) is 5.78 Å². The monoisotopic (exact) mass is 205 g/mol. The fourth-order valence-corrected chi connectivity index (χ4v) is 1.57. The number of hydrogen-bond donors (Lipinski definition) is 1. The molecule has 80 valence electrons. The van der Waals surface area contributed by atoms with Crippen molar-refractivity contribution in [2.45, 2.75) is 32.6 Å². The molecule has 2 N–H and O–H groups in total. The molecule has 0 aromatic carbocycles. The molecule has 2 aromatic heterocycles. The third-order valence-electron chi connectivity index (χ3n) is 2.37. The fraction of sp³-hybridized carbons (Fsp3) is 0.500. The average Bonchev–Trinajstić information content (AvgIpc) is 2.66. The molecule has 0 atom stereocenters. The number of unbranched alkanes of at least 4 members (excludes halogenated alkanes) is 2. The van der Waals surface area contributed by atoms with E-state index in [-0.39, 0.29) is 0 Å². The van der Waals surface area contributed by atoms with Crippen LogP contribution < -0.4 is 5.73 Å². The number of nitrogen functional groups attached to an aromatic ring is 1. The minimum atomic E-state index is 0.585. The fourth-order valence-electron chi connectivity index (χ4n) is 1.57. The first kappa shape index (κ1) is 9.89. The zero-order valence-electron chi connectivity index (χ0n) is 8.85. The van der Waals surface area contributed by atoms with E-state index in [4.69, 9.17) is 5.73 Å². The number of aromatic nitrogens is 4. The summed E-state index contributed by atoms with van der Waals surface area (Å²) in [6.45, 7) is 2.18. The van der Waals surface area contributed by atoms with E-state index in [1.54, 1.807) is 4.52 Å². The lowest BCUT2D eigenvalue weighted by Gasteiger charge is -2.02. The Morgan fingerprint density at radius 3 is 3.07 bits per heavy atom. The van der Waals surface area contributed by atoms with Crippen molar-refractivity contribution < 1.29 is 0 Å². The van der Waals surface area contributed by atoms with Gasteiger partial charge in [-0.3, -0.25) is 0 Å². The number of anilines is 1. The Morgan fingerprint density at radius 1 is 1.40 bits per heavy atom. The third-order valence-corrected chi connectivity index (χ3v) is 2.37. The number of nitrogens with two attached hydrogens (primary N) is 1. The molecule has 15 heavy (non-hydrogen) atoms. The van der Waals surface area contributed by atoms with Gasteiger partial charge in [0.15, 0.2) is 0 Å². The van der Waals surface area contributed by atoms with Gasteiger partial charge < -0.3 is 5.73 Å². The molecular weight excluding hydrogens is 190 g/mol. The topological polar surface area (TPSA) is 69.1 Å². The highest BCUT2D eigenvalue weighted by Crippen LogP contribution is 2.09. The molecule has 0 amide bonds. The molecule has 0 fully saturated rings. The van der Waals surface area contributed by atoms with Crippen LogP contribution in [0.2, 0.25) is 0 Å². The van der Waals surface area contributed by atoms with E-state index in [1.807, 2.05) is 6.07 Å². The number of hydrogen-bond acceptors (Lipinski definition) is 4. The Morgan fingerprint density at radius 2 is 2.27 bits per heavy atom. The Hall–Kier alpha value is -1.65. The maximum Gasteiger partial charge on any atom is 0.254 e. The van der Waals surface area contributed by atoms with Crippen LogP contribution in [-0.2, 0) is 6.42 Å². The molecule has 2 aromatic rings. The van der Waals surface area contributed by atoms with Gasteiger partial charge in [0, 0.05) is 11.8 Å². The molecule has 2 rings (SSSR count). The normalized spacial score (nSPS) is 11.0. The Bertz CT molecular complexity index is 448. The van der Waals surface area contributed by atoms with Crippen LogP contribution in [0.25, 0.3) is 5.78 Å². The molecule has 0 aliphatic carbocycles. The second-order valence-corrected chi connectivity index (χ2v) is 3.60. The molecule has 0 saturated heterocycles. The maximum atomic E-state index is 5.83. The first-order valence-corrected chi connectivity index (χ1v) is 5.26. The summed E-state index contributed by atoms with van der Waals surface area (Å²) in [5.74, 6) is 1.19. The third kappa shape index (κ3) is 2.06. The Kier molecular flexibility index (Phi) is 2.80. The second kappa shape index (κ2) is 4.25. The molecule has 0 unspecified atom stereocenters. The van der Waals surface area contributed by atoms with Crippen LogP contribution in [0.1, 0.15) is 31.9 Å². The summed E-state index contributed by atoms with van der Waals surface area (Å²) in [4.78, 5) is 8.41. The summed E-state index contributed by atoms with van der Waals surface area (Å²) in [6, 6.07) is 1.87. The molecular formula is C10H15N5. The van der Waals surface area contributed by atoms with Crippen LogP contribution in [0.4, 0.5) is 5.82 Å². The van der Waals surface area contributed by atoms with E-state index in [0.717, 1.165) is 18.5 Å². The zero-order valence-corrected chi connectivity index (χ0v) is 8.85. The van der Waals surface area contributed by atoms with Gasteiger partial charge in [-0.1, -0.05) is 19.8 Å². The predicted molar refractivity (Wildman–Crippen MR) is 58.4 cm³/mol. The van der Waals surface area contributed by atoms with Crippen molar-refractivity contribution in [2.75, 3.05) is 5.73 Å². The minimum Gasteiger partial charge on any atom is -0.383 e. The highest BCUT2D eigenvalue weighted by molar-refractivity contribution is 5.41. The number of aryl methyl sites for hydroxylation is 1. The molecule has 0 aliphatic rings. The summed E-state index contributed by atoms with van der Waals surface area (Å²) < 4.78 is 1.54. The molecule has 0 saturated carbocycles. The highest BCUT2D eigenvalue weighted by Gasteiger charge is 2.04. The number of rotatable bonds is 4. The van der Waals surface area contributed by atoms with E-state index in [1.165, 1.54) is 19.2 Å². The van der Waals surface area contributed by atoms with Gasteiger partial charge in [-0.15, -0.1) is 0 Å². The van der Waals surface area contributed by atoms with Gasteiger partial charge in [0.1, 0.15) is 12.1 Å². The lowest BCUT2D eigenvalue weighted by Crippen LogP contribution is -2.03. The van der Waals surface area contributed by atoms with Crippen molar-refractivity contribution in [1.29, 1.82) is 0 Å². The highest BCUT2D eigenvalue weighted by atomic mass is 15.3. The van der Waals surface area contributed by atoms with Crippen LogP contribution in [0.15, 0.2) is 12.4 Å². The van der Waals surface area contributed by atoms with Crippen LogP contribution in [-0.4, -0.2) is 19.6 Å². The van der Waals surface area contributed by atoms with Crippen LogP contribution in [0.3, 0.4) is 0 Å². The van der Waals surface area contributed by atoms with Gasteiger partial charge in [0.05, 0.1) is 0 Å². The maximum absolute atomic E-state index is 5.83. The van der Waals surface area contributed by atoms with E-state index in [0.29, 0.717) is 11.6 Å². The van der Waals surface area contributed by atoms with Crippen molar-refractivity contribution in [3.63, 3.8) is 0 Å². The van der Waals surface area contributed by atoms with Gasteiger partial charge in [-0.2, -0.15) is 14.6 Å². The average molecular weight is 205 g/mol. The van der Waals surface area contributed by atoms with E-state index in [2.05, 4.69) is 22.0 Å². The van der Waals surface area contributed by atoms with E-state index < -0.39 is 0 Å². The van der Waals surface area contributed by atoms with Crippen molar-refractivity contribution in [2.24, 2.45) is 0 Å². The molecule has 2 heterocycles. The van der Waals surface area contributed by atoms with E-state index in [9.17, 15) is 0 Å². The Balaban J connectivity index is 2.21. The summed E-state index contributed by atoms with van der Waals surface area (Å²) in [5.41, 5.74) is 6.83. The molecule has 5 heteroatoms. The molecule has 0 radical (unpaired) electrons. The summed E-state index contributed by atoms with van der Waals surface area (Å²) in [7, 11) is 0. The summed E-state index contributed by atoms with van der Waals surface area (Å²) >= 11 is 0. The SMILES string of the molecule is CCCCCc1cc(N)n2ncnc2n1. The largest absolute Gasteiger partial charge is 0.383 e. The van der Waals surface area contributed by atoms with Crippen molar-refractivity contribution in [3.8, 4) is 0 Å². The van der Waals surface area contributed by atoms with Crippen molar-refractivity contribution in [1.82, 2.24) is 19.6 Å². The quantitative estimate of drug-likeness (QED) is 0.767. The zero-order chi connectivity index (χ0) is 10.7. The van der Waals surface area contributed by atoms with Gasteiger partial charge in [-0.05, 0) is 12.8 Å². The number of fused-ring (bicyclic) bond motifs is 1. The predicted octanol–water partition coefficient (Wildman–Crippen LogP) is 1.44. The van der Waals surface area contributed by atoms with Crippen LogP contribution in [0.5, 0.6) is 0 Å².